The maximum absolute atomic E-state index is 13.2. The summed E-state index contributed by atoms with van der Waals surface area (Å²) in [4.78, 5) is 83.7. The third kappa shape index (κ3) is 11.6. The fraction of sp³-hybridized carbons (Fsp3) is 0.490. The third-order valence-corrected chi connectivity index (χ3v) is 12.8. The van der Waals surface area contributed by atoms with Crippen LogP contribution in [0.2, 0.25) is 0 Å². The minimum Gasteiger partial charge on any atom is -0.495 e. The van der Waals surface area contributed by atoms with Gasteiger partial charge in [-0.3, -0.25) is 39.0 Å². The van der Waals surface area contributed by atoms with Gasteiger partial charge in [0.1, 0.15) is 23.4 Å². The lowest BCUT2D eigenvalue weighted by Gasteiger charge is -2.41. The van der Waals surface area contributed by atoms with Crippen LogP contribution in [0, 0.1) is 11.8 Å². The number of carbonyl (C=O) groups is 6. The molecule has 3 atom stereocenters. The van der Waals surface area contributed by atoms with E-state index < -0.39 is 42.2 Å². The minimum atomic E-state index is -1.10. The standard InChI is InChI=1S/C49H61N7O11/c1-30-31(2)55(3)36-16-18-40(53-45(36)43(30)32-10-5-6-11-32)52-35-15-14-33(28-39(35)63-4)46(59)51-21-9-23-65-25-27-66-26-24-64-22-8-20-50-42(58)29-67-38-13-7-12-34-44(38)49(62)56(48(34)61)37-17-19-41(57)54-47(37)60/h7,12-16,18,28,30,32,37,43H,2,5-6,8-11,17,19-27,29H2,1,3-4H3,(H,50,58)(H,51,59)(H,52,53)(H,54,57,60)/t30-,37?,43?/m1/s1. The summed E-state index contributed by atoms with van der Waals surface area (Å²) in [6, 6.07) is 12.8. The van der Waals surface area contributed by atoms with Crippen molar-refractivity contribution in [1.82, 2.24) is 25.8 Å². The number of pyridine rings is 1. The van der Waals surface area contributed by atoms with Crippen LogP contribution in [0.4, 0.5) is 17.2 Å². The monoisotopic (exact) mass is 923 g/mol. The summed E-state index contributed by atoms with van der Waals surface area (Å²) >= 11 is 0. The van der Waals surface area contributed by atoms with Gasteiger partial charge < -0.3 is 44.5 Å². The molecule has 7 rings (SSSR count). The fourth-order valence-corrected chi connectivity index (χ4v) is 9.21. The number of amides is 6. The molecular formula is C49H61N7O11. The minimum absolute atomic E-state index is 0.00910. The molecule has 3 aromatic rings. The van der Waals surface area contributed by atoms with Gasteiger partial charge in [-0.05, 0) is 80.5 Å². The molecule has 0 spiro atoms. The van der Waals surface area contributed by atoms with Crippen molar-refractivity contribution >= 4 is 52.6 Å². The van der Waals surface area contributed by atoms with E-state index in [1.165, 1.54) is 43.9 Å². The van der Waals surface area contributed by atoms with Crippen molar-refractivity contribution in [1.29, 1.82) is 0 Å². The van der Waals surface area contributed by atoms with E-state index in [1.807, 2.05) is 12.1 Å². The highest BCUT2D eigenvalue weighted by Crippen LogP contribution is 2.50. The average molecular weight is 924 g/mol. The highest BCUT2D eigenvalue weighted by atomic mass is 16.5. The number of benzene rings is 2. The predicted octanol–water partition coefficient (Wildman–Crippen LogP) is 4.86. The molecule has 18 nitrogen and oxygen atoms in total. The van der Waals surface area contributed by atoms with Gasteiger partial charge in [0, 0.05) is 62.9 Å². The second kappa shape index (κ2) is 22.9. The van der Waals surface area contributed by atoms with Crippen molar-refractivity contribution in [3.63, 3.8) is 0 Å². The Morgan fingerprint density at radius 1 is 0.851 bits per heavy atom. The second-order valence-electron chi connectivity index (χ2n) is 17.1. The first-order valence-electron chi connectivity index (χ1n) is 23.1. The molecule has 2 fully saturated rings. The van der Waals surface area contributed by atoms with Gasteiger partial charge in [0.2, 0.25) is 11.8 Å². The van der Waals surface area contributed by atoms with Gasteiger partial charge in [-0.1, -0.05) is 32.4 Å². The maximum atomic E-state index is 13.2. The van der Waals surface area contributed by atoms with Crippen molar-refractivity contribution in [2.24, 2.45) is 11.8 Å². The van der Waals surface area contributed by atoms with Crippen LogP contribution in [-0.2, 0) is 28.6 Å². The average Bonchev–Trinajstić information content (AvgIpc) is 3.95. The number of nitrogens with one attached hydrogen (secondary N) is 4. The molecule has 4 heterocycles. The van der Waals surface area contributed by atoms with Gasteiger partial charge in [-0.2, -0.15) is 0 Å². The molecule has 67 heavy (non-hydrogen) atoms. The van der Waals surface area contributed by atoms with E-state index in [1.54, 1.807) is 19.2 Å². The van der Waals surface area contributed by atoms with Gasteiger partial charge in [-0.25, -0.2) is 4.98 Å². The Morgan fingerprint density at radius 2 is 1.55 bits per heavy atom. The molecule has 1 saturated carbocycles. The van der Waals surface area contributed by atoms with Crippen LogP contribution in [0.3, 0.4) is 0 Å². The molecule has 0 radical (unpaired) electrons. The molecule has 18 heteroatoms. The van der Waals surface area contributed by atoms with E-state index in [9.17, 15) is 28.8 Å². The number of anilines is 3. The Morgan fingerprint density at radius 3 is 2.25 bits per heavy atom. The molecule has 2 aromatic carbocycles. The number of methoxy groups -OCH3 is 1. The number of fused-ring (bicyclic) bond motifs is 2. The first-order valence-corrected chi connectivity index (χ1v) is 23.1. The molecule has 4 aliphatic rings. The summed E-state index contributed by atoms with van der Waals surface area (Å²) in [6.07, 6.45) is 6.18. The molecular weight excluding hydrogens is 863 g/mol. The predicted molar refractivity (Wildman–Crippen MR) is 248 cm³/mol. The third-order valence-electron chi connectivity index (χ3n) is 12.8. The lowest BCUT2D eigenvalue weighted by molar-refractivity contribution is -0.136. The topological polar surface area (TPSA) is 216 Å². The largest absolute Gasteiger partial charge is 0.495 e. The van der Waals surface area contributed by atoms with Gasteiger partial charge in [0.05, 0.1) is 61.7 Å². The van der Waals surface area contributed by atoms with Gasteiger partial charge >= 0.3 is 0 Å². The second-order valence-corrected chi connectivity index (χ2v) is 17.1. The molecule has 1 saturated heterocycles. The quantitative estimate of drug-likeness (QED) is 0.0739. The van der Waals surface area contributed by atoms with Crippen molar-refractivity contribution in [2.45, 2.75) is 70.3 Å². The SMILES string of the molecule is C=C1[C@@H](C)C(C2CCCC2)c2nc(Nc3ccc(C(=O)NCCCOCCOCCOCCCNC(=O)COc4cccc5c4C(=O)N(C4CCC(=O)NC4=O)C5=O)cc3OC)ccc2N1C. The number of carbonyl (C=O) groups excluding carboxylic acids is 6. The van der Waals surface area contributed by atoms with E-state index in [0.29, 0.717) is 94.6 Å². The van der Waals surface area contributed by atoms with Gasteiger partial charge in [0.25, 0.3) is 23.6 Å². The smallest absolute Gasteiger partial charge is 0.266 e. The zero-order chi connectivity index (χ0) is 47.5. The maximum Gasteiger partial charge on any atom is 0.266 e. The summed E-state index contributed by atoms with van der Waals surface area (Å²) in [5.74, 6) is -0.623. The number of aromatic nitrogens is 1. The lowest BCUT2D eigenvalue weighted by Crippen LogP contribution is -2.54. The number of imide groups is 2. The summed E-state index contributed by atoms with van der Waals surface area (Å²) in [7, 11) is 3.65. The number of rotatable bonds is 23. The molecule has 1 aliphatic carbocycles. The normalized spacial score (nSPS) is 19.3. The number of nitrogens with zero attached hydrogens (tertiary/aromatic N) is 3. The molecule has 4 N–H and O–H groups in total. The van der Waals surface area contributed by atoms with Crippen molar-refractivity contribution in [2.75, 3.05) is 83.7 Å². The van der Waals surface area contributed by atoms with Gasteiger partial charge in [0.15, 0.2) is 6.61 Å². The van der Waals surface area contributed by atoms with Crippen LogP contribution >= 0.6 is 0 Å². The fourth-order valence-electron chi connectivity index (χ4n) is 9.21. The lowest BCUT2D eigenvalue weighted by atomic mass is 9.74. The first-order chi connectivity index (χ1) is 32.5. The van der Waals surface area contributed by atoms with Crippen LogP contribution in [-0.4, -0.2) is 125 Å². The molecule has 1 aromatic heterocycles. The van der Waals surface area contributed by atoms with E-state index in [2.05, 4.69) is 52.8 Å². The number of hydrogen-bond acceptors (Lipinski definition) is 14. The van der Waals surface area contributed by atoms with E-state index in [0.717, 1.165) is 33.5 Å². The van der Waals surface area contributed by atoms with Crippen LogP contribution < -0.4 is 35.6 Å². The highest BCUT2D eigenvalue weighted by molar-refractivity contribution is 6.24. The Labute approximate surface area is 390 Å². The number of allylic oxidation sites excluding steroid dienone is 1. The van der Waals surface area contributed by atoms with E-state index in [4.69, 9.17) is 28.7 Å². The summed E-state index contributed by atoms with van der Waals surface area (Å²) in [6.45, 7) is 9.42. The van der Waals surface area contributed by atoms with E-state index >= 15 is 0 Å². The van der Waals surface area contributed by atoms with Crippen LogP contribution in [0.15, 0.2) is 60.8 Å². The number of ether oxygens (including phenoxy) is 5. The molecule has 0 bridgehead atoms. The molecule has 6 amide bonds. The molecule has 2 unspecified atom stereocenters. The van der Waals surface area contributed by atoms with Crippen molar-refractivity contribution in [3.05, 3.63) is 83.2 Å². The van der Waals surface area contributed by atoms with Crippen LogP contribution in [0.25, 0.3) is 0 Å². The Bertz CT molecular complexity index is 2330. The van der Waals surface area contributed by atoms with Gasteiger partial charge in [-0.15, -0.1) is 0 Å². The number of piperidine rings is 1. The zero-order valence-electron chi connectivity index (χ0n) is 38.5. The Hall–Kier alpha value is -6.37. The highest BCUT2D eigenvalue weighted by Gasteiger charge is 2.46. The number of hydrogen-bond donors (Lipinski definition) is 4. The van der Waals surface area contributed by atoms with Crippen molar-refractivity contribution in [3.8, 4) is 11.5 Å². The van der Waals surface area contributed by atoms with Crippen LogP contribution in [0.1, 0.15) is 101 Å². The summed E-state index contributed by atoms with van der Waals surface area (Å²) in [5.41, 5.74) is 4.59. The summed E-state index contributed by atoms with van der Waals surface area (Å²) < 4.78 is 28.1. The first kappa shape index (κ1) is 48.6. The van der Waals surface area contributed by atoms with Crippen molar-refractivity contribution < 1.29 is 52.5 Å². The van der Waals surface area contributed by atoms with E-state index in [-0.39, 0.29) is 35.6 Å². The zero-order valence-corrected chi connectivity index (χ0v) is 38.5. The Balaban J connectivity index is 0.714. The van der Waals surface area contributed by atoms with Crippen LogP contribution in [0.5, 0.6) is 11.5 Å². The molecule has 358 valence electrons. The summed E-state index contributed by atoms with van der Waals surface area (Å²) in [5, 5.41) is 11.3. The molecule has 3 aliphatic heterocycles. The Kier molecular flexibility index (Phi) is 16.6.